The van der Waals surface area contributed by atoms with E-state index in [0.717, 1.165) is 31.8 Å². The molecule has 0 radical (unpaired) electrons. The van der Waals surface area contributed by atoms with Gasteiger partial charge in [-0.2, -0.15) is 0 Å². The predicted octanol–water partition coefficient (Wildman–Crippen LogP) is 3.37. The summed E-state index contributed by atoms with van der Waals surface area (Å²) in [5.41, 5.74) is 3.74. The van der Waals surface area contributed by atoms with Gasteiger partial charge in [0, 0.05) is 23.6 Å². The molecule has 3 heteroatoms. The molecule has 2 rings (SSSR count). The Morgan fingerprint density at radius 3 is 2.58 bits per heavy atom. The molecule has 1 aromatic carbocycles. The van der Waals surface area contributed by atoms with Crippen molar-refractivity contribution in [3.8, 4) is 5.75 Å². The van der Waals surface area contributed by atoms with Gasteiger partial charge >= 0.3 is 0 Å². The molecule has 0 aliphatic rings. The fourth-order valence-corrected chi connectivity index (χ4v) is 2.61. The van der Waals surface area contributed by atoms with Gasteiger partial charge in [0.2, 0.25) is 0 Å². The van der Waals surface area contributed by atoms with Crippen molar-refractivity contribution in [1.29, 1.82) is 0 Å². The molecule has 0 bridgehead atoms. The molecule has 0 aliphatic heterocycles. The van der Waals surface area contributed by atoms with Gasteiger partial charge in [0.25, 0.3) is 0 Å². The SMILES string of the molecule is CCN(CC)CCc1c[nH]c2cc(C)cc(OC)c12. The quantitative estimate of drug-likeness (QED) is 0.862. The Balaban J connectivity index is 2.29. The molecule has 1 heterocycles. The zero-order valence-corrected chi connectivity index (χ0v) is 12.4. The molecule has 0 saturated heterocycles. The van der Waals surface area contributed by atoms with Crippen molar-refractivity contribution in [2.45, 2.75) is 27.2 Å². The van der Waals surface area contributed by atoms with E-state index in [2.05, 4.69) is 49.0 Å². The predicted molar refractivity (Wildman–Crippen MR) is 81.1 cm³/mol. The fraction of sp³-hybridized carbons (Fsp3) is 0.500. The number of benzene rings is 1. The number of aromatic nitrogens is 1. The van der Waals surface area contributed by atoms with Crippen LogP contribution in [0.15, 0.2) is 18.3 Å². The zero-order chi connectivity index (χ0) is 13.8. The van der Waals surface area contributed by atoms with Crippen LogP contribution in [0.5, 0.6) is 5.75 Å². The van der Waals surface area contributed by atoms with Gasteiger partial charge in [-0.25, -0.2) is 0 Å². The Bertz CT molecular complexity index is 541. The third-order valence-electron chi connectivity index (χ3n) is 3.78. The Morgan fingerprint density at radius 2 is 1.95 bits per heavy atom. The second kappa shape index (κ2) is 6.11. The van der Waals surface area contributed by atoms with Crippen molar-refractivity contribution in [2.24, 2.45) is 0 Å². The van der Waals surface area contributed by atoms with Crippen molar-refractivity contribution >= 4 is 10.9 Å². The van der Waals surface area contributed by atoms with Crippen LogP contribution in [0.25, 0.3) is 10.9 Å². The summed E-state index contributed by atoms with van der Waals surface area (Å²) in [6, 6.07) is 4.29. The van der Waals surface area contributed by atoms with E-state index in [-0.39, 0.29) is 0 Å². The van der Waals surface area contributed by atoms with Crippen LogP contribution in [0.3, 0.4) is 0 Å². The van der Waals surface area contributed by atoms with E-state index in [1.54, 1.807) is 7.11 Å². The second-order valence-corrected chi connectivity index (χ2v) is 4.98. The largest absolute Gasteiger partial charge is 0.496 e. The van der Waals surface area contributed by atoms with Gasteiger partial charge in [0.15, 0.2) is 0 Å². The third-order valence-corrected chi connectivity index (χ3v) is 3.78. The minimum absolute atomic E-state index is 0.978. The number of rotatable bonds is 6. The molecule has 104 valence electrons. The summed E-state index contributed by atoms with van der Waals surface area (Å²) < 4.78 is 5.53. The number of aryl methyl sites for hydroxylation is 1. The normalized spacial score (nSPS) is 11.4. The highest BCUT2D eigenvalue weighted by atomic mass is 16.5. The summed E-state index contributed by atoms with van der Waals surface area (Å²) in [7, 11) is 1.75. The summed E-state index contributed by atoms with van der Waals surface area (Å²) in [4.78, 5) is 5.81. The van der Waals surface area contributed by atoms with Crippen molar-refractivity contribution in [3.05, 3.63) is 29.5 Å². The summed E-state index contributed by atoms with van der Waals surface area (Å²) in [5, 5.41) is 1.24. The molecule has 3 nitrogen and oxygen atoms in total. The maximum absolute atomic E-state index is 5.53. The first kappa shape index (κ1) is 13.9. The van der Waals surface area contributed by atoms with E-state index >= 15 is 0 Å². The van der Waals surface area contributed by atoms with E-state index in [0.29, 0.717) is 0 Å². The molecule has 1 N–H and O–H groups in total. The highest BCUT2D eigenvalue weighted by Gasteiger charge is 2.11. The highest BCUT2D eigenvalue weighted by Crippen LogP contribution is 2.30. The number of hydrogen-bond donors (Lipinski definition) is 1. The average Bonchev–Trinajstić information content (AvgIpc) is 2.82. The van der Waals surface area contributed by atoms with Crippen molar-refractivity contribution in [1.82, 2.24) is 9.88 Å². The number of nitrogens with one attached hydrogen (secondary N) is 1. The number of fused-ring (bicyclic) bond motifs is 1. The molecule has 1 aromatic heterocycles. The number of methoxy groups -OCH3 is 1. The van der Waals surface area contributed by atoms with Gasteiger partial charge in [-0.15, -0.1) is 0 Å². The molecule has 0 aliphatic carbocycles. The maximum Gasteiger partial charge on any atom is 0.128 e. The molecule has 0 spiro atoms. The lowest BCUT2D eigenvalue weighted by Gasteiger charge is -2.17. The van der Waals surface area contributed by atoms with Gasteiger partial charge in [0.1, 0.15) is 5.75 Å². The molecule has 0 atom stereocenters. The molecule has 0 amide bonds. The molecular weight excluding hydrogens is 236 g/mol. The van der Waals surface area contributed by atoms with Crippen LogP contribution in [0.2, 0.25) is 0 Å². The summed E-state index contributed by atoms with van der Waals surface area (Å²) in [6.45, 7) is 9.82. The Kier molecular flexibility index (Phi) is 4.48. The average molecular weight is 260 g/mol. The molecular formula is C16H24N2O. The van der Waals surface area contributed by atoms with Crippen LogP contribution in [0.4, 0.5) is 0 Å². The number of hydrogen-bond acceptors (Lipinski definition) is 2. The Hall–Kier alpha value is -1.48. The minimum atomic E-state index is 0.978. The van der Waals surface area contributed by atoms with Crippen LogP contribution < -0.4 is 4.74 Å². The van der Waals surface area contributed by atoms with Crippen LogP contribution in [0, 0.1) is 6.92 Å². The monoisotopic (exact) mass is 260 g/mol. The van der Waals surface area contributed by atoms with Crippen LogP contribution >= 0.6 is 0 Å². The minimum Gasteiger partial charge on any atom is -0.496 e. The summed E-state index contributed by atoms with van der Waals surface area (Å²) >= 11 is 0. The van der Waals surface area contributed by atoms with E-state index in [4.69, 9.17) is 4.74 Å². The summed E-state index contributed by atoms with van der Waals surface area (Å²) in [6.07, 6.45) is 3.18. The van der Waals surface area contributed by atoms with Gasteiger partial charge in [0.05, 0.1) is 7.11 Å². The van der Waals surface area contributed by atoms with Gasteiger partial charge < -0.3 is 14.6 Å². The second-order valence-electron chi connectivity index (χ2n) is 4.98. The number of H-pyrrole nitrogens is 1. The van der Waals surface area contributed by atoms with Gasteiger partial charge in [-0.05, 0) is 49.7 Å². The van der Waals surface area contributed by atoms with Gasteiger partial charge in [-0.3, -0.25) is 0 Å². The first-order valence-corrected chi connectivity index (χ1v) is 7.06. The first-order valence-electron chi connectivity index (χ1n) is 7.06. The van der Waals surface area contributed by atoms with Crippen molar-refractivity contribution < 1.29 is 4.74 Å². The smallest absolute Gasteiger partial charge is 0.128 e. The first-order chi connectivity index (χ1) is 9.19. The Labute approximate surface area is 115 Å². The number of ether oxygens (including phenoxy) is 1. The molecule has 19 heavy (non-hydrogen) atoms. The number of nitrogens with zero attached hydrogens (tertiary/aromatic N) is 1. The fourth-order valence-electron chi connectivity index (χ4n) is 2.61. The molecule has 2 aromatic rings. The van der Waals surface area contributed by atoms with Crippen LogP contribution in [-0.2, 0) is 6.42 Å². The lowest BCUT2D eigenvalue weighted by molar-refractivity contribution is 0.308. The van der Waals surface area contributed by atoms with Crippen LogP contribution in [-0.4, -0.2) is 36.6 Å². The molecule has 0 fully saturated rings. The summed E-state index contributed by atoms with van der Waals surface area (Å²) in [5.74, 6) is 0.978. The van der Waals surface area contributed by atoms with E-state index < -0.39 is 0 Å². The van der Waals surface area contributed by atoms with E-state index in [1.165, 1.54) is 22.0 Å². The van der Waals surface area contributed by atoms with Crippen molar-refractivity contribution in [3.63, 3.8) is 0 Å². The van der Waals surface area contributed by atoms with Crippen molar-refractivity contribution in [2.75, 3.05) is 26.7 Å². The number of aromatic amines is 1. The molecule has 0 saturated carbocycles. The maximum atomic E-state index is 5.53. The Morgan fingerprint density at radius 1 is 1.21 bits per heavy atom. The third kappa shape index (κ3) is 2.92. The topological polar surface area (TPSA) is 28.3 Å². The lowest BCUT2D eigenvalue weighted by Crippen LogP contribution is -2.25. The van der Waals surface area contributed by atoms with Crippen LogP contribution in [0.1, 0.15) is 25.0 Å². The highest BCUT2D eigenvalue weighted by molar-refractivity contribution is 5.90. The van der Waals surface area contributed by atoms with E-state index in [9.17, 15) is 0 Å². The number of likely N-dealkylation sites (N-methyl/N-ethyl adjacent to an activating group) is 1. The molecule has 0 unspecified atom stereocenters. The standard InChI is InChI=1S/C16H24N2O/c1-5-18(6-2)8-7-13-11-17-14-9-12(3)10-15(19-4)16(13)14/h9-11,17H,5-8H2,1-4H3. The van der Waals surface area contributed by atoms with E-state index in [1.807, 2.05) is 0 Å². The zero-order valence-electron chi connectivity index (χ0n) is 12.4. The lowest BCUT2D eigenvalue weighted by atomic mass is 10.1. The van der Waals surface area contributed by atoms with Gasteiger partial charge in [-0.1, -0.05) is 13.8 Å².